The molecule has 1 aromatic rings. The zero-order valence-electron chi connectivity index (χ0n) is 11.7. The van der Waals surface area contributed by atoms with Crippen molar-refractivity contribution in [3.05, 3.63) is 28.8 Å². The second-order valence-corrected chi connectivity index (χ2v) is 5.65. The van der Waals surface area contributed by atoms with E-state index >= 15 is 0 Å². The Balaban J connectivity index is 2.51. The van der Waals surface area contributed by atoms with Crippen LogP contribution in [0, 0.1) is 5.92 Å². The summed E-state index contributed by atoms with van der Waals surface area (Å²) in [7, 11) is 0. The van der Waals surface area contributed by atoms with E-state index in [2.05, 4.69) is 5.32 Å². The number of hydrogen-bond acceptors (Lipinski definition) is 3. The van der Waals surface area contributed by atoms with Crippen LogP contribution in [0.15, 0.2) is 18.2 Å². The summed E-state index contributed by atoms with van der Waals surface area (Å²) < 4.78 is 0. The molecule has 1 atom stereocenters. The van der Waals surface area contributed by atoms with Crippen LogP contribution in [0.1, 0.15) is 19.4 Å². The first kappa shape index (κ1) is 15.3. The summed E-state index contributed by atoms with van der Waals surface area (Å²) in [6, 6.07) is 4.13. The van der Waals surface area contributed by atoms with Crippen LogP contribution in [0.5, 0.6) is 0 Å². The van der Waals surface area contributed by atoms with Gasteiger partial charge in [-0.3, -0.25) is 14.4 Å². The van der Waals surface area contributed by atoms with Crippen LogP contribution in [-0.4, -0.2) is 28.7 Å². The average molecular weight is 310 g/mol. The second kappa shape index (κ2) is 5.73. The topological polar surface area (TPSA) is 92.5 Å². The number of nitrogens with two attached hydrogens (primary N) is 1. The molecular formula is C14H16ClN3O3. The number of halogens is 1. The monoisotopic (exact) mass is 309 g/mol. The number of rotatable bonds is 3. The van der Waals surface area contributed by atoms with Crippen molar-refractivity contribution in [1.82, 2.24) is 4.90 Å². The number of amides is 3. The molecule has 21 heavy (non-hydrogen) atoms. The van der Waals surface area contributed by atoms with Crippen molar-refractivity contribution in [3.63, 3.8) is 0 Å². The van der Waals surface area contributed by atoms with Gasteiger partial charge in [-0.05, 0) is 18.1 Å². The van der Waals surface area contributed by atoms with E-state index in [1.807, 2.05) is 0 Å². The smallest absolute Gasteiger partial charge is 0.313 e. The fourth-order valence-electron chi connectivity index (χ4n) is 2.45. The van der Waals surface area contributed by atoms with Gasteiger partial charge in [-0.15, -0.1) is 0 Å². The summed E-state index contributed by atoms with van der Waals surface area (Å²) in [4.78, 5) is 37.0. The average Bonchev–Trinajstić information content (AvgIpc) is 2.50. The Hall–Kier alpha value is -2.08. The third-order valence-corrected chi connectivity index (χ3v) is 3.76. The predicted molar refractivity (Wildman–Crippen MR) is 78.5 cm³/mol. The highest BCUT2D eigenvalue weighted by Gasteiger charge is 2.37. The van der Waals surface area contributed by atoms with Crippen LogP contribution in [0.25, 0.3) is 0 Å². The Morgan fingerprint density at radius 3 is 2.62 bits per heavy atom. The highest BCUT2D eigenvalue weighted by Crippen LogP contribution is 2.29. The summed E-state index contributed by atoms with van der Waals surface area (Å²) in [5, 5.41) is 2.93. The normalized spacial score (nSPS) is 16.3. The molecule has 3 amide bonds. The van der Waals surface area contributed by atoms with Crippen LogP contribution in [0.3, 0.4) is 0 Å². The van der Waals surface area contributed by atoms with E-state index in [0.717, 1.165) is 0 Å². The van der Waals surface area contributed by atoms with Crippen LogP contribution in [0.2, 0.25) is 5.02 Å². The maximum Gasteiger partial charge on any atom is 0.313 e. The molecule has 0 unspecified atom stereocenters. The molecule has 1 aromatic carbocycles. The molecule has 2 rings (SSSR count). The number of benzene rings is 1. The molecule has 0 spiro atoms. The van der Waals surface area contributed by atoms with Gasteiger partial charge >= 0.3 is 11.8 Å². The number of anilines is 1. The second-order valence-electron chi connectivity index (χ2n) is 5.24. The summed E-state index contributed by atoms with van der Waals surface area (Å²) in [5.41, 5.74) is 6.44. The van der Waals surface area contributed by atoms with Gasteiger partial charge in [0.05, 0.1) is 6.54 Å². The first-order valence-corrected chi connectivity index (χ1v) is 6.89. The molecule has 1 heterocycles. The number of nitrogens with zero attached hydrogens (tertiary/aromatic N) is 1. The molecule has 112 valence electrons. The Kier molecular flexibility index (Phi) is 4.18. The third-order valence-electron chi connectivity index (χ3n) is 3.41. The van der Waals surface area contributed by atoms with Gasteiger partial charge in [-0.2, -0.15) is 0 Å². The van der Waals surface area contributed by atoms with Gasteiger partial charge in [0.15, 0.2) is 0 Å². The lowest BCUT2D eigenvalue weighted by Gasteiger charge is -2.30. The Labute approximate surface area is 127 Å². The lowest BCUT2D eigenvalue weighted by atomic mass is 10.0. The van der Waals surface area contributed by atoms with Crippen molar-refractivity contribution in [2.45, 2.75) is 26.4 Å². The lowest BCUT2D eigenvalue weighted by molar-refractivity contribution is -0.148. The van der Waals surface area contributed by atoms with E-state index in [0.29, 0.717) is 16.3 Å². The molecule has 1 aliphatic heterocycles. The largest absolute Gasteiger partial charge is 0.368 e. The van der Waals surface area contributed by atoms with Crippen molar-refractivity contribution in [2.75, 3.05) is 5.32 Å². The molecule has 0 saturated carbocycles. The maximum atomic E-state index is 12.2. The minimum Gasteiger partial charge on any atom is -0.368 e. The van der Waals surface area contributed by atoms with E-state index in [4.69, 9.17) is 17.3 Å². The number of primary amides is 1. The Bertz CT molecular complexity index is 615. The van der Waals surface area contributed by atoms with Crippen LogP contribution in [-0.2, 0) is 20.9 Å². The van der Waals surface area contributed by atoms with Crippen LogP contribution in [0.4, 0.5) is 5.69 Å². The number of carbonyl (C=O) groups is 3. The standard InChI is InChI=1S/C14H16ClN3O3/c1-7(2)11(12(16)19)18-6-8-9(15)4-3-5-10(8)17-13(20)14(18)21/h3-5,7,11H,6H2,1-2H3,(H2,16,19)(H,17,20)/t11-/m1/s1. The number of carbonyl (C=O) groups excluding carboxylic acids is 3. The van der Waals surface area contributed by atoms with Gasteiger partial charge in [0.1, 0.15) is 6.04 Å². The van der Waals surface area contributed by atoms with Crippen molar-refractivity contribution >= 4 is 35.0 Å². The third kappa shape index (κ3) is 2.85. The fourth-order valence-corrected chi connectivity index (χ4v) is 2.69. The summed E-state index contributed by atoms with van der Waals surface area (Å²) in [6.45, 7) is 3.58. The van der Waals surface area contributed by atoms with E-state index in [-0.39, 0.29) is 12.5 Å². The van der Waals surface area contributed by atoms with Crippen LogP contribution < -0.4 is 11.1 Å². The molecule has 0 aromatic heterocycles. The molecule has 7 heteroatoms. The minimum atomic E-state index is -0.870. The van der Waals surface area contributed by atoms with Crippen LogP contribution >= 0.6 is 11.6 Å². The van der Waals surface area contributed by atoms with Gasteiger partial charge in [-0.25, -0.2) is 0 Å². The van der Waals surface area contributed by atoms with E-state index in [1.165, 1.54) is 4.90 Å². The maximum absolute atomic E-state index is 12.2. The van der Waals surface area contributed by atoms with Gasteiger partial charge in [0.25, 0.3) is 0 Å². The highest BCUT2D eigenvalue weighted by atomic mass is 35.5. The molecule has 1 aliphatic rings. The van der Waals surface area contributed by atoms with Gasteiger partial charge < -0.3 is 16.0 Å². The minimum absolute atomic E-state index is 0.0539. The quantitative estimate of drug-likeness (QED) is 0.820. The molecular weight excluding hydrogens is 294 g/mol. The molecule has 0 radical (unpaired) electrons. The SMILES string of the molecule is CC(C)[C@H](C(N)=O)N1Cc2c(Cl)cccc2NC(=O)C1=O. The van der Waals surface area contributed by atoms with Crippen molar-refractivity contribution in [2.24, 2.45) is 11.7 Å². The first-order valence-electron chi connectivity index (χ1n) is 6.51. The highest BCUT2D eigenvalue weighted by molar-refractivity contribution is 6.41. The zero-order valence-corrected chi connectivity index (χ0v) is 12.5. The number of hydrogen-bond donors (Lipinski definition) is 2. The Morgan fingerprint density at radius 2 is 2.05 bits per heavy atom. The van der Waals surface area contributed by atoms with Crippen molar-refractivity contribution in [3.8, 4) is 0 Å². The fraction of sp³-hybridized carbons (Fsp3) is 0.357. The van der Waals surface area contributed by atoms with E-state index in [1.54, 1.807) is 32.0 Å². The number of nitrogens with one attached hydrogen (secondary N) is 1. The predicted octanol–water partition coefficient (Wildman–Crippen LogP) is 1.13. The lowest BCUT2D eigenvalue weighted by Crippen LogP contribution is -2.52. The zero-order chi connectivity index (χ0) is 15.7. The molecule has 0 bridgehead atoms. The first-order chi connectivity index (χ1) is 9.82. The molecule has 0 fully saturated rings. The molecule has 0 aliphatic carbocycles. The number of fused-ring (bicyclic) bond motifs is 1. The van der Waals surface area contributed by atoms with Gasteiger partial charge in [-0.1, -0.05) is 31.5 Å². The van der Waals surface area contributed by atoms with E-state index < -0.39 is 23.8 Å². The Morgan fingerprint density at radius 1 is 1.38 bits per heavy atom. The summed E-state index contributed by atoms with van der Waals surface area (Å²) in [5.74, 6) is -2.47. The van der Waals surface area contributed by atoms with E-state index in [9.17, 15) is 14.4 Å². The van der Waals surface area contributed by atoms with Crippen molar-refractivity contribution in [1.29, 1.82) is 0 Å². The molecule has 6 nitrogen and oxygen atoms in total. The van der Waals surface area contributed by atoms with Crippen molar-refractivity contribution < 1.29 is 14.4 Å². The molecule has 0 saturated heterocycles. The van der Waals surface area contributed by atoms with Gasteiger partial charge in [0, 0.05) is 16.3 Å². The molecule has 3 N–H and O–H groups in total. The van der Waals surface area contributed by atoms with Gasteiger partial charge in [0.2, 0.25) is 5.91 Å². The summed E-state index contributed by atoms with van der Waals surface area (Å²) in [6.07, 6.45) is 0. The summed E-state index contributed by atoms with van der Waals surface area (Å²) >= 11 is 6.13.